The van der Waals surface area contributed by atoms with Gasteiger partial charge in [0.1, 0.15) is 6.04 Å². The zero-order valence-electron chi connectivity index (χ0n) is 12.1. The zero-order chi connectivity index (χ0) is 15.5. The molecule has 2 rings (SSSR count). The average Bonchev–Trinajstić information content (AvgIpc) is 2.95. The number of urea groups is 1. The molecule has 1 unspecified atom stereocenters. The third kappa shape index (κ3) is 3.28. The van der Waals surface area contributed by atoms with E-state index in [9.17, 15) is 19.5 Å². The summed E-state index contributed by atoms with van der Waals surface area (Å²) in [6, 6.07) is -0.964. The van der Waals surface area contributed by atoms with Gasteiger partial charge in [-0.25, -0.2) is 4.79 Å². The van der Waals surface area contributed by atoms with Crippen molar-refractivity contribution < 1.29 is 19.5 Å². The molecule has 0 bridgehead atoms. The van der Waals surface area contributed by atoms with Gasteiger partial charge in [0.15, 0.2) is 0 Å². The minimum atomic E-state index is -0.856. The van der Waals surface area contributed by atoms with Crippen LogP contribution < -0.4 is 11.1 Å². The summed E-state index contributed by atoms with van der Waals surface area (Å²) in [5, 5.41) is 12.1. The van der Waals surface area contributed by atoms with Gasteiger partial charge in [-0.1, -0.05) is 12.8 Å². The van der Waals surface area contributed by atoms with Crippen molar-refractivity contribution in [2.45, 2.75) is 51.0 Å². The molecule has 1 aliphatic heterocycles. The van der Waals surface area contributed by atoms with Crippen molar-refractivity contribution in [3.63, 3.8) is 0 Å². The zero-order valence-corrected chi connectivity index (χ0v) is 12.1. The number of aliphatic carboxylic acids is 1. The molecule has 1 aliphatic carbocycles. The Balaban J connectivity index is 1.97. The van der Waals surface area contributed by atoms with Crippen LogP contribution >= 0.6 is 0 Å². The third-order valence-electron chi connectivity index (χ3n) is 4.68. The fourth-order valence-electron chi connectivity index (χ4n) is 3.33. The molecule has 21 heavy (non-hydrogen) atoms. The summed E-state index contributed by atoms with van der Waals surface area (Å²) in [4.78, 5) is 36.5. The number of hydrogen-bond acceptors (Lipinski definition) is 3. The second-order valence-corrected chi connectivity index (χ2v) is 6.06. The smallest absolute Gasteiger partial charge is 0.318 e. The van der Waals surface area contributed by atoms with Crippen LogP contribution in [0.3, 0.4) is 0 Å². The Morgan fingerprint density at radius 2 is 1.86 bits per heavy atom. The van der Waals surface area contributed by atoms with Gasteiger partial charge in [0.05, 0.1) is 5.41 Å². The van der Waals surface area contributed by atoms with Gasteiger partial charge in [0.25, 0.3) is 0 Å². The van der Waals surface area contributed by atoms with Gasteiger partial charge in [-0.15, -0.1) is 0 Å². The molecule has 7 heteroatoms. The summed E-state index contributed by atoms with van der Waals surface area (Å²) in [6.07, 6.45) is 5.19. The Morgan fingerprint density at radius 3 is 2.43 bits per heavy atom. The molecular formula is C14H23N3O4. The maximum absolute atomic E-state index is 12.2. The van der Waals surface area contributed by atoms with Crippen LogP contribution in [0.4, 0.5) is 4.79 Å². The predicted molar refractivity (Wildman–Crippen MR) is 75.5 cm³/mol. The quantitative estimate of drug-likeness (QED) is 0.708. The Morgan fingerprint density at radius 1 is 1.19 bits per heavy atom. The summed E-state index contributed by atoms with van der Waals surface area (Å²) in [7, 11) is 0. The average molecular weight is 297 g/mol. The highest BCUT2D eigenvalue weighted by Crippen LogP contribution is 2.37. The van der Waals surface area contributed by atoms with Gasteiger partial charge in [-0.2, -0.15) is 0 Å². The first-order valence-corrected chi connectivity index (χ1v) is 7.53. The molecule has 4 N–H and O–H groups in total. The minimum Gasteiger partial charge on any atom is -0.481 e. The van der Waals surface area contributed by atoms with Crippen LogP contribution in [0.5, 0.6) is 0 Å². The van der Waals surface area contributed by atoms with Gasteiger partial charge in [0.2, 0.25) is 5.91 Å². The van der Waals surface area contributed by atoms with E-state index in [1.165, 1.54) is 4.90 Å². The molecule has 118 valence electrons. The number of carboxylic acid groups (broad SMARTS) is 1. The standard InChI is InChI=1S/C14H23N3O4/c15-11(18)10-5-1-4-8-17(10)13(21)16-9-14(12(19)20)6-2-3-7-14/h10H,1-9H2,(H2,15,18)(H,16,21)(H,19,20). The third-order valence-corrected chi connectivity index (χ3v) is 4.68. The van der Waals surface area contributed by atoms with Gasteiger partial charge >= 0.3 is 12.0 Å². The van der Waals surface area contributed by atoms with Crippen molar-refractivity contribution in [2.24, 2.45) is 11.1 Å². The molecule has 1 heterocycles. The lowest BCUT2D eigenvalue weighted by atomic mass is 9.86. The molecule has 0 radical (unpaired) electrons. The van der Waals surface area contributed by atoms with Crippen LogP contribution in [0, 0.1) is 5.41 Å². The number of amides is 3. The Kier molecular flexibility index (Phi) is 4.69. The van der Waals surface area contributed by atoms with Crippen LogP contribution in [-0.2, 0) is 9.59 Å². The number of carboxylic acids is 1. The van der Waals surface area contributed by atoms with Crippen LogP contribution in [0.25, 0.3) is 0 Å². The van der Waals surface area contributed by atoms with Crippen molar-refractivity contribution in [1.82, 2.24) is 10.2 Å². The Bertz CT molecular complexity index is 432. The topological polar surface area (TPSA) is 113 Å². The number of primary amides is 1. The van der Waals surface area contributed by atoms with Gasteiger partial charge in [-0.3, -0.25) is 9.59 Å². The lowest BCUT2D eigenvalue weighted by Gasteiger charge is -2.34. The largest absolute Gasteiger partial charge is 0.481 e. The number of carbonyl (C=O) groups is 3. The van der Waals surface area contributed by atoms with E-state index in [0.717, 1.165) is 25.7 Å². The molecule has 1 saturated carbocycles. The number of rotatable bonds is 4. The molecular weight excluding hydrogens is 274 g/mol. The highest BCUT2D eigenvalue weighted by atomic mass is 16.4. The highest BCUT2D eigenvalue weighted by molar-refractivity contribution is 5.86. The van der Waals surface area contributed by atoms with E-state index in [-0.39, 0.29) is 12.6 Å². The van der Waals surface area contributed by atoms with E-state index >= 15 is 0 Å². The molecule has 2 aliphatic rings. The van der Waals surface area contributed by atoms with E-state index in [1.807, 2.05) is 0 Å². The van der Waals surface area contributed by atoms with E-state index in [4.69, 9.17) is 5.73 Å². The van der Waals surface area contributed by atoms with E-state index in [1.54, 1.807) is 0 Å². The molecule has 1 saturated heterocycles. The maximum atomic E-state index is 12.2. The fourth-order valence-corrected chi connectivity index (χ4v) is 3.33. The number of piperidine rings is 1. The number of nitrogens with zero attached hydrogens (tertiary/aromatic N) is 1. The van der Waals surface area contributed by atoms with Crippen LogP contribution in [0.15, 0.2) is 0 Å². The number of nitrogens with one attached hydrogen (secondary N) is 1. The summed E-state index contributed by atoms with van der Waals surface area (Å²) in [5.74, 6) is -1.36. The normalized spacial score (nSPS) is 24.6. The summed E-state index contributed by atoms with van der Waals surface area (Å²) in [6.45, 7) is 0.600. The van der Waals surface area contributed by atoms with Gasteiger partial charge in [-0.05, 0) is 32.1 Å². The minimum absolute atomic E-state index is 0.114. The lowest BCUT2D eigenvalue weighted by Crippen LogP contribution is -2.55. The van der Waals surface area contributed by atoms with Crippen molar-refractivity contribution >= 4 is 17.9 Å². The SMILES string of the molecule is NC(=O)C1CCCCN1C(=O)NCC1(C(=O)O)CCCC1. The van der Waals surface area contributed by atoms with Crippen LogP contribution in [0.1, 0.15) is 44.9 Å². The molecule has 2 fully saturated rings. The summed E-state index contributed by atoms with van der Waals surface area (Å²) in [5.41, 5.74) is 4.48. The summed E-state index contributed by atoms with van der Waals surface area (Å²) < 4.78 is 0. The molecule has 1 atom stereocenters. The fraction of sp³-hybridized carbons (Fsp3) is 0.786. The van der Waals surface area contributed by atoms with Crippen molar-refractivity contribution in [1.29, 1.82) is 0 Å². The van der Waals surface area contributed by atoms with E-state index in [2.05, 4.69) is 5.32 Å². The molecule has 0 spiro atoms. The Hall–Kier alpha value is -1.79. The number of carbonyl (C=O) groups excluding carboxylic acids is 2. The first kappa shape index (κ1) is 15.6. The number of hydrogen-bond donors (Lipinski definition) is 3. The van der Waals surface area contributed by atoms with E-state index < -0.39 is 23.3 Å². The second-order valence-electron chi connectivity index (χ2n) is 6.06. The van der Waals surface area contributed by atoms with Gasteiger partial charge in [0, 0.05) is 13.1 Å². The Labute approximate surface area is 123 Å². The van der Waals surface area contributed by atoms with Crippen molar-refractivity contribution in [2.75, 3.05) is 13.1 Å². The highest BCUT2D eigenvalue weighted by Gasteiger charge is 2.42. The van der Waals surface area contributed by atoms with Crippen LogP contribution in [-0.4, -0.2) is 47.0 Å². The monoisotopic (exact) mass is 297 g/mol. The molecule has 7 nitrogen and oxygen atoms in total. The molecule has 3 amide bonds. The molecule has 0 aromatic heterocycles. The second kappa shape index (κ2) is 6.32. The lowest BCUT2D eigenvalue weighted by molar-refractivity contribution is -0.148. The summed E-state index contributed by atoms with van der Waals surface area (Å²) >= 11 is 0. The van der Waals surface area contributed by atoms with E-state index in [0.29, 0.717) is 25.8 Å². The number of likely N-dealkylation sites (tertiary alicyclic amines) is 1. The maximum Gasteiger partial charge on any atom is 0.318 e. The number of nitrogens with two attached hydrogens (primary N) is 1. The van der Waals surface area contributed by atoms with Gasteiger partial charge < -0.3 is 21.1 Å². The first-order chi connectivity index (χ1) is 9.96. The molecule has 0 aromatic rings. The first-order valence-electron chi connectivity index (χ1n) is 7.53. The molecule has 0 aromatic carbocycles. The predicted octanol–water partition coefficient (Wildman–Crippen LogP) is 0.681. The van der Waals surface area contributed by atoms with Crippen molar-refractivity contribution in [3.05, 3.63) is 0 Å². The van der Waals surface area contributed by atoms with Crippen LogP contribution in [0.2, 0.25) is 0 Å². The van der Waals surface area contributed by atoms with Crippen molar-refractivity contribution in [3.8, 4) is 0 Å².